The van der Waals surface area contributed by atoms with Gasteiger partial charge in [0.1, 0.15) is 23.5 Å². The van der Waals surface area contributed by atoms with Crippen LogP contribution in [0.3, 0.4) is 0 Å². The van der Waals surface area contributed by atoms with Crippen LogP contribution < -0.4 is 4.74 Å². The number of carboxylic acid groups (broad SMARTS) is 1. The van der Waals surface area contributed by atoms with Crippen LogP contribution in [-0.4, -0.2) is 29.3 Å². The lowest BCUT2D eigenvalue weighted by atomic mass is 10.1. The number of fused-ring (bicyclic) bond motifs is 1. The quantitative estimate of drug-likeness (QED) is 0.751. The van der Waals surface area contributed by atoms with E-state index in [1.165, 1.54) is 18.2 Å². The van der Waals surface area contributed by atoms with Crippen LogP contribution in [0.2, 0.25) is 0 Å². The van der Waals surface area contributed by atoms with Crippen molar-refractivity contribution in [3.05, 3.63) is 29.3 Å². The monoisotopic (exact) mass is 236 g/mol. The zero-order chi connectivity index (χ0) is 12.6. The first-order valence-electron chi connectivity index (χ1n) is 5.12. The molecule has 1 heterocycles. The second-order valence-electron chi connectivity index (χ2n) is 4.45. The van der Waals surface area contributed by atoms with E-state index in [1.807, 2.05) is 0 Å². The molecule has 1 aliphatic heterocycles. The third-order valence-electron chi connectivity index (χ3n) is 2.38. The molecule has 0 spiro atoms. The van der Waals surface area contributed by atoms with Crippen molar-refractivity contribution in [2.75, 3.05) is 6.61 Å². The van der Waals surface area contributed by atoms with Gasteiger partial charge in [-0.05, 0) is 32.0 Å². The van der Waals surface area contributed by atoms with Crippen molar-refractivity contribution in [1.82, 2.24) is 0 Å². The molecule has 0 fully saturated rings. The lowest BCUT2D eigenvalue weighted by Crippen LogP contribution is -2.32. The number of rotatable bonds is 1. The molecule has 17 heavy (non-hydrogen) atoms. The Kier molecular flexibility index (Phi) is 2.53. The largest absolute Gasteiger partial charge is 0.483 e. The van der Waals surface area contributed by atoms with Crippen LogP contribution in [0, 0.1) is 0 Å². The lowest BCUT2D eigenvalue weighted by molar-refractivity contribution is 0.0136. The molecular weight excluding hydrogens is 224 g/mol. The molecule has 5 heteroatoms. The molecule has 1 aromatic rings. The summed E-state index contributed by atoms with van der Waals surface area (Å²) in [5.41, 5.74) is -0.439. The van der Waals surface area contributed by atoms with Crippen molar-refractivity contribution >= 4 is 11.9 Å². The molecule has 1 aliphatic rings. The highest BCUT2D eigenvalue weighted by Crippen LogP contribution is 2.28. The maximum Gasteiger partial charge on any atom is 0.342 e. The number of carboxylic acids is 1. The number of esters is 1. The van der Waals surface area contributed by atoms with Crippen LogP contribution in [0.1, 0.15) is 34.6 Å². The van der Waals surface area contributed by atoms with E-state index in [0.29, 0.717) is 5.75 Å². The van der Waals surface area contributed by atoms with Crippen molar-refractivity contribution in [2.24, 2.45) is 0 Å². The minimum atomic E-state index is -1.09. The first-order valence-corrected chi connectivity index (χ1v) is 5.12. The number of hydrogen-bond acceptors (Lipinski definition) is 4. The fourth-order valence-electron chi connectivity index (χ4n) is 1.56. The van der Waals surface area contributed by atoms with E-state index in [2.05, 4.69) is 0 Å². The Hall–Kier alpha value is -2.04. The number of cyclic esters (lactones) is 1. The predicted molar refractivity (Wildman–Crippen MR) is 58.4 cm³/mol. The SMILES string of the molecule is CC1(C)COC(=O)c2cc(C(=O)O)ccc2O1. The zero-order valence-corrected chi connectivity index (χ0v) is 9.52. The van der Waals surface area contributed by atoms with Crippen LogP contribution >= 0.6 is 0 Å². The summed E-state index contributed by atoms with van der Waals surface area (Å²) in [6.07, 6.45) is 0. The average molecular weight is 236 g/mol. The van der Waals surface area contributed by atoms with Crippen LogP contribution in [0.4, 0.5) is 0 Å². The van der Waals surface area contributed by atoms with Crippen LogP contribution in [-0.2, 0) is 4.74 Å². The summed E-state index contributed by atoms with van der Waals surface area (Å²) in [5.74, 6) is -1.31. The smallest absolute Gasteiger partial charge is 0.342 e. The summed E-state index contributed by atoms with van der Waals surface area (Å²) in [6.45, 7) is 3.71. The first kappa shape index (κ1) is 11.4. The molecule has 0 saturated heterocycles. The third kappa shape index (κ3) is 2.22. The molecule has 1 aromatic carbocycles. The van der Waals surface area contributed by atoms with Gasteiger partial charge in [0, 0.05) is 0 Å². The summed E-state index contributed by atoms with van der Waals surface area (Å²) in [7, 11) is 0. The van der Waals surface area contributed by atoms with E-state index in [4.69, 9.17) is 14.6 Å². The lowest BCUT2D eigenvalue weighted by Gasteiger charge is -2.22. The first-order chi connectivity index (χ1) is 7.89. The standard InChI is InChI=1S/C12H12O5/c1-12(2)6-16-11(15)8-5-7(10(13)14)3-4-9(8)17-12/h3-5H,6H2,1-2H3,(H,13,14). The maximum atomic E-state index is 11.7. The molecule has 0 aliphatic carbocycles. The number of carbonyl (C=O) groups excluding carboxylic acids is 1. The van der Waals surface area contributed by atoms with Gasteiger partial charge in [0.25, 0.3) is 0 Å². The Bertz CT molecular complexity index is 490. The molecule has 0 saturated carbocycles. The minimum absolute atomic E-state index is 0.0315. The fraction of sp³-hybridized carbons (Fsp3) is 0.333. The number of ether oxygens (including phenoxy) is 2. The Labute approximate surface area is 98.0 Å². The number of hydrogen-bond donors (Lipinski definition) is 1. The van der Waals surface area contributed by atoms with Crippen molar-refractivity contribution < 1.29 is 24.2 Å². The van der Waals surface area contributed by atoms with Crippen LogP contribution in [0.25, 0.3) is 0 Å². The Morgan fingerprint density at radius 3 is 2.76 bits per heavy atom. The van der Waals surface area contributed by atoms with Crippen LogP contribution in [0.15, 0.2) is 18.2 Å². The molecule has 0 atom stereocenters. The normalized spacial score (nSPS) is 17.4. The van der Waals surface area contributed by atoms with Gasteiger partial charge >= 0.3 is 11.9 Å². The molecule has 0 aromatic heterocycles. The Morgan fingerprint density at radius 2 is 2.12 bits per heavy atom. The van der Waals surface area contributed by atoms with E-state index < -0.39 is 17.5 Å². The van der Waals surface area contributed by atoms with Crippen molar-refractivity contribution in [1.29, 1.82) is 0 Å². The highest BCUT2D eigenvalue weighted by molar-refractivity contribution is 5.97. The van der Waals surface area contributed by atoms with Gasteiger partial charge in [0.15, 0.2) is 0 Å². The van der Waals surface area contributed by atoms with Crippen molar-refractivity contribution in [2.45, 2.75) is 19.4 Å². The van der Waals surface area contributed by atoms with Gasteiger partial charge in [-0.3, -0.25) is 0 Å². The van der Waals surface area contributed by atoms with Gasteiger partial charge in [-0.2, -0.15) is 0 Å². The molecule has 0 unspecified atom stereocenters. The van der Waals surface area contributed by atoms with Gasteiger partial charge in [-0.15, -0.1) is 0 Å². The summed E-state index contributed by atoms with van der Waals surface area (Å²) >= 11 is 0. The molecule has 90 valence electrons. The maximum absolute atomic E-state index is 11.7. The third-order valence-corrected chi connectivity index (χ3v) is 2.38. The van der Waals surface area contributed by atoms with E-state index in [0.717, 1.165) is 0 Å². The molecule has 0 radical (unpaired) electrons. The molecule has 0 bridgehead atoms. The fourth-order valence-corrected chi connectivity index (χ4v) is 1.56. The number of benzene rings is 1. The highest BCUT2D eigenvalue weighted by Gasteiger charge is 2.30. The van der Waals surface area contributed by atoms with E-state index in [9.17, 15) is 9.59 Å². The molecule has 0 amide bonds. The van der Waals surface area contributed by atoms with E-state index >= 15 is 0 Å². The van der Waals surface area contributed by atoms with Crippen molar-refractivity contribution in [3.8, 4) is 5.75 Å². The highest BCUT2D eigenvalue weighted by atomic mass is 16.6. The van der Waals surface area contributed by atoms with E-state index in [1.54, 1.807) is 13.8 Å². The van der Waals surface area contributed by atoms with Gasteiger partial charge in [-0.25, -0.2) is 9.59 Å². The van der Waals surface area contributed by atoms with Gasteiger partial charge < -0.3 is 14.6 Å². The number of carbonyl (C=O) groups is 2. The molecule has 5 nitrogen and oxygen atoms in total. The predicted octanol–water partition coefficient (Wildman–Crippen LogP) is 1.71. The zero-order valence-electron chi connectivity index (χ0n) is 9.52. The minimum Gasteiger partial charge on any atom is -0.483 e. The van der Waals surface area contributed by atoms with Crippen LogP contribution in [0.5, 0.6) is 5.75 Å². The average Bonchev–Trinajstić information content (AvgIpc) is 2.36. The van der Waals surface area contributed by atoms with Gasteiger partial charge in [0.2, 0.25) is 0 Å². The summed E-state index contributed by atoms with van der Waals surface area (Å²) in [5, 5.41) is 8.85. The van der Waals surface area contributed by atoms with E-state index in [-0.39, 0.29) is 17.7 Å². The second kappa shape index (κ2) is 3.76. The summed E-state index contributed by atoms with van der Waals surface area (Å²) in [6, 6.07) is 4.14. The Morgan fingerprint density at radius 1 is 1.41 bits per heavy atom. The molecule has 1 N–H and O–H groups in total. The molecular formula is C12H12O5. The Balaban J connectivity index is 2.50. The van der Waals surface area contributed by atoms with Crippen molar-refractivity contribution in [3.63, 3.8) is 0 Å². The topological polar surface area (TPSA) is 72.8 Å². The van der Waals surface area contributed by atoms with Gasteiger partial charge in [0.05, 0.1) is 5.56 Å². The summed E-state index contributed by atoms with van der Waals surface area (Å²) < 4.78 is 10.6. The summed E-state index contributed by atoms with van der Waals surface area (Å²) in [4.78, 5) is 22.5. The number of aromatic carboxylic acids is 1. The second-order valence-corrected chi connectivity index (χ2v) is 4.45. The van der Waals surface area contributed by atoms with Gasteiger partial charge in [-0.1, -0.05) is 0 Å². The molecule has 2 rings (SSSR count).